The molecule has 1 aromatic heterocycles. The molecule has 0 aliphatic rings. The van der Waals surface area contributed by atoms with Gasteiger partial charge in [0, 0.05) is 37.2 Å². The average Bonchev–Trinajstić information content (AvgIpc) is 2.95. The van der Waals surface area contributed by atoms with Gasteiger partial charge < -0.3 is 14.6 Å². The van der Waals surface area contributed by atoms with Crippen LogP contribution in [0.25, 0.3) is 11.0 Å². The maximum atomic E-state index is 12.8. The largest absolute Gasteiger partial charge is 0.449 e. The summed E-state index contributed by atoms with van der Waals surface area (Å²) in [6.07, 6.45) is 0. The van der Waals surface area contributed by atoms with Crippen molar-refractivity contribution in [2.75, 3.05) is 12.4 Å². The summed E-state index contributed by atoms with van der Waals surface area (Å²) >= 11 is 6.16. The van der Waals surface area contributed by atoms with Gasteiger partial charge in [-0.05, 0) is 24.6 Å². The zero-order valence-electron chi connectivity index (χ0n) is 14.8. The Labute approximate surface area is 156 Å². The van der Waals surface area contributed by atoms with E-state index < -0.39 is 0 Å². The number of rotatable bonds is 4. The minimum absolute atomic E-state index is 0.0473. The molecule has 0 saturated heterocycles. The zero-order chi connectivity index (χ0) is 18.8. The summed E-state index contributed by atoms with van der Waals surface area (Å²) in [5.74, 6) is -0.176. The topological polar surface area (TPSA) is 62.6 Å². The summed E-state index contributed by atoms with van der Waals surface area (Å²) in [6.45, 7) is 3.73. The number of halogens is 1. The van der Waals surface area contributed by atoms with Gasteiger partial charge >= 0.3 is 0 Å². The van der Waals surface area contributed by atoms with Gasteiger partial charge in [-0.1, -0.05) is 41.9 Å². The van der Waals surface area contributed by atoms with E-state index in [1.165, 1.54) is 6.92 Å². The minimum Gasteiger partial charge on any atom is -0.449 e. The molecule has 26 heavy (non-hydrogen) atoms. The average molecular weight is 371 g/mol. The van der Waals surface area contributed by atoms with E-state index in [-0.39, 0.29) is 17.6 Å². The number of carbonyl (C=O) groups is 2. The molecule has 0 aliphatic heterocycles. The van der Waals surface area contributed by atoms with Crippen molar-refractivity contribution in [3.8, 4) is 0 Å². The summed E-state index contributed by atoms with van der Waals surface area (Å²) in [7, 11) is 1.71. The smallest absolute Gasteiger partial charge is 0.291 e. The summed E-state index contributed by atoms with van der Waals surface area (Å²) < 4.78 is 5.71. The predicted molar refractivity (Wildman–Crippen MR) is 103 cm³/mol. The van der Waals surface area contributed by atoms with Gasteiger partial charge in [0.05, 0.1) is 5.02 Å². The van der Waals surface area contributed by atoms with Gasteiger partial charge in [-0.25, -0.2) is 0 Å². The number of para-hydroxylation sites is 2. The third kappa shape index (κ3) is 3.44. The van der Waals surface area contributed by atoms with Crippen LogP contribution in [-0.4, -0.2) is 23.8 Å². The van der Waals surface area contributed by atoms with Crippen molar-refractivity contribution in [1.29, 1.82) is 0 Å². The molecule has 0 radical (unpaired) electrons. The van der Waals surface area contributed by atoms with Crippen molar-refractivity contribution in [2.45, 2.75) is 20.4 Å². The number of anilines is 1. The number of aryl methyl sites for hydroxylation is 1. The van der Waals surface area contributed by atoms with E-state index in [0.717, 1.165) is 16.5 Å². The first kappa shape index (κ1) is 18.0. The second-order valence-electron chi connectivity index (χ2n) is 6.16. The van der Waals surface area contributed by atoms with Crippen LogP contribution in [0.4, 0.5) is 5.69 Å². The molecule has 0 fully saturated rings. The molecule has 0 atom stereocenters. The molecule has 3 rings (SSSR count). The van der Waals surface area contributed by atoms with Crippen LogP contribution in [0.15, 0.2) is 46.9 Å². The maximum Gasteiger partial charge on any atom is 0.291 e. The summed E-state index contributed by atoms with van der Waals surface area (Å²) in [5.41, 5.74) is 2.71. The molecular formula is C20H19ClN2O3. The van der Waals surface area contributed by atoms with Crippen LogP contribution in [0.1, 0.15) is 28.6 Å². The Bertz CT molecular complexity index is 994. The Kier molecular flexibility index (Phi) is 5.00. The van der Waals surface area contributed by atoms with E-state index in [0.29, 0.717) is 22.8 Å². The zero-order valence-corrected chi connectivity index (χ0v) is 15.6. The molecule has 0 aliphatic carbocycles. The number of hydrogen-bond acceptors (Lipinski definition) is 3. The molecule has 0 bridgehead atoms. The predicted octanol–water partition coefficient (Wildman–Crippen LogP) is 4.63. The SMILES string of the molecule is CC(=O)N(C)Cc1ccccc1NC(=O)c1oc2c(Cl)cccc2c1C. The molecule has 134 valence electrons. The van der Waals surface area contributed by atoms with Crippen molar-refractivity contribution in [3.05, 3.63) is 64.4 Å². The van der Waals surface area contributed by atoms with Crippen LogP contribution in [0, 0.1) is 6.92 Å². The lowest BCUT2D eigenvalue weighted by molar-refractivity contribution is -0.128. The molecule has 0 saturated carbocycles. The highest BCUT2D eigenvalue weighted by molar-refractivity contribution is 6.35. The van der Waals surface area contributed by atoms with Gasteiger partial charge in [0.1, 0.15) is 0 Å². The number of nitrogens with one attached hydrogen (secondary N) is 1. The van der Waals surface area contributed by atoms with Gasteiger partial charge in [-0.15, -0.1) is 0 Å². The molecule has 6 heteroatoms. The highest BCUT2D eigenvalue weighted by Crippen LogP contribution is 2.31. The van der Waals surface area contributed by atoms with Gasteiger partial charge in [0.25, 0.3) is 5.91 Å². The van der Waals surface area contributed by atoms with Crippen LogP contribution in [0.5, 0.6) is 0 Å². The summed E-state index contributed by atoms with van der Waals surface area (Å²) in [4.78, 5) is 25.8. The first-order chi connectivity index (χ1) is 12.4. The van der Waals surface area contributed by atoms with Gasteiger partial charge in [-0.2, -0.15) is 0 Å². The summed E-state index contributed by atoms with van der Waals surface area (Å²) in [6, 6.07) is 12.8. The number of hydrogen-bond donors (Lipinski definition) is 1. The monoisotopic (exact) mass is 370 g/mol. The number of amides is 2. The lowest BCUT2D eigenvalue weighted by atomic mass is 10.1. The van der Waals surface area contributed by atoms with E-state index in [2.05, 4.69) is 5.32 Å². The van der Waals surface area contributed by atoms with Gasteiger partial charge in [0.2, 0.25) is 5.91 Å². The van der Waals surface area contributed by atoms with Crippen molar-refractivity contribution in [1.82, 2.24) is 4.90 Å². The summed E-state index contributed by atoms with van der Waals surface area (Å²) in [5, 5.41) is 4.16. The van der Waals surface area contributed by atoms with Crippen LogP contribution < -0.4 is 5.32 Å². The number of nitrogens with zero attached hydrogens (tertiary/aromatic N) is 1. The van der Waals surface area contributed by atoms with E-state index in [1.807, 2.05) is 37.3 Å². The molecular weight excluding hydrogens is 352 g/mol. The van der Waals surface area contributed by atoms with Crippen LogP contribution in [0.3, 0.4) is 0 Å². The highest BCUT2D eigenvalue weighted by Gasteiger charge is 2.20. The maximum absolute atomic E-state index is 12.8. The van der Waals surface area contributed by atoms with E-state index >= 15 is 0 Å². The van der Waals surface area contributed by atoms with Crippen molar-refractivity contribution in [2.24, 2.45) is 0 Å². The Balaban J connectivity index is 1.91. The van der Waals surface area contributed by atoms with Gasteiger partial charge in [0.15, 0.2) is 11.3 Å². The van der Waals surface area contributed by atoms with Gasteiger partial charge in [-0.3, -0.25) is 9.59 Å². The quantitative estimate of drug-likeness (QED) is 0.728. The van der Waals surface area contributed by atoms with Crippen molar-refractivity contribution >= 4 is 40.1 Å². The molecule has 3 aromatic rings. The molecule has 1 heterocycles. The number of fused-ring (bicyclic) bond motifs is 1. The Morgan fingerprint density at radius 1 is 1.15 bits per heavy atom. The van der Waals surface area contributed by atoms with E-state index in [1.54, 1.807) is 24.1 Å². The molecule has 0 unspecified atom stereocenters. The highest BCUT2D eigenvalue weighted by atomic mass is 35.5. The fraction of sp³-hybridized carbons (Fsp3) is 0.200. The second kappa shape index (κ2) is 7.22. The second-order valence-corrected chi connectivity index (χ2v) is 6.57. The number of benzene rings is 2. The molecule has 0 spiro atoms. The first-order valence-corrected chi connectivity index (χ1v) is 8.55. The van der Waals surface area contributed by atoms with Crippen LogP contribution >= 0.6 is 11.6 Å². The van der Waals surface area contributed by atoms with Crippen LogP contribution in [0.2, 0.25) is 5.02 Å². The molecule has 5 nitrogen and oxygen atoms in total. The standard InChI is InChI=1S/C20H19ClN2O3/c1-12-15-8-6-9-16(21)19(15)26-18(12)20(25)22-17-10-5-4-7-14(17)11-23(3)13(2)24/h4-10H,11H2,1-3H3,(H,22,25). The fourth-order valence-corrected chi connectivity index (χ4v) is 2.96. The lowest BCUT2D eigenvalue weighted by Gasteiger charge is -2.17. The van der Waals surface area contributed by atoms with Crippen molar-refractivity contribution < 1.29 is 14.0 Å². The third-order valence-electron chi connectivity index (χ3n) is 4.33. The van der Waals surface area contributed by atoms with Crippen LogP contribution in [-0.2, 0) is 11.3 Å². The molecule has 1 N–H and O–H groups in total. The van der Waals surface area contributed by atoms with Crippen molar-refractivity contribution in [3.63, 3.8) is 0 Å². The Morgan fingerprint density at radius 2 is 1.88 bits per heavy atom. The minimum atomic E-state index is -0.354. The van der Waals surface area contributed by atoms with E-state index in [4.69, 9.17) is 16.0 Å². The Hall–Kier alpha value is -2.79. The fourth-order valence-electron chi connectivity index (χ4n) is 2.75. The molecule has 2 aromatic carbocycles. The van der Waals surface area contributed by atoms with E-state index in [9.17, 15) is 9.59 Å². The first-order valence-electron chi connectivity index (χ1n) is 8.17. The lowest BCUT2D eigenvalue weighted by Crippen LogP contribution is -2.24. The third-order valence-corrected chi connectivity index (χ3v) is 4.63. The number of carbonyl (C=O) groups excluding carboxylic acids is 2. The number of furan rings is 1. The Morgan fingerprint density at radius 3 is 2.58 bits per heavy atom. The molecule has 2 amide bonds. The normalized spacial score (nSPS) is 10.8.